The maximum absolute atomic E-state index is 9.74. The predicted octanol–water partition coefficient (Wildman–Crippen LogP) is 4.25. The van der Waals surface area contributed by atoms with Gasteiger partial charge in [-0.2, -0.15) is 10.2 Å². The zero-order valence-corrected chi connectivity index (χ0v) is 20.4. The van der Waals surface area contributed by atoms with E-state index in [-0.39, 0.29) is 6.10 Å². The van der Waals surface area contributed by atoms with E-state index in [2.05, 4.69) is 50.3 Å². The molecule has 0 aliphatic carbocycles. The number of ether oxygens (including phenoxy) is 3. The first-order valence-electron chi connectivity index (χ1n) is 12.4. The lowest BCUT2D eigenvalue weighted by Crippen LogP contribution is -2.36. The number of nitrogens with zero attached hydrogens (tertiary/aromatic N) is 5. The Labute approximate surface area is 211 Å². The van der Waals surface area contributed by atoms with Crippen LogP contribution in [0.2, 0.25) is 0 Å². The zero-order chi connectivity index (χ0) is 24.7. The second kappa shape index (κ2) is 11.3. The van der Waals surface area contributed by atoms with Gasteiger partial charge in [-0.05, 0) is 61.7 Å². The van der Waals surface area contributed by atoms with Crippen molar-refractivity contribution >= 4 is 17.3 Å². The number of nitrogens with one attached hydrogen (secondary N) is 1. The van der Waals surface area contributed by atoms with E-state index >= 15 is 0 Å². The molecule has 3 heterocycles. The van der Waals surface area contributed by atoms with Crippen LogP contribution in [-0.4, -0.2) is 60.6 Å². The minimum atomic E-state index is 0.0521. The summed E-state index contributed by atoms with van der Waals surface area (Å²) in [5.41, 5.74) is 4.40. The molecule has 9 heteroatoms. The summed E-state index contributed by atoms with van der Waals surface area (Å²) >= 11 is 0. The van der Waals surface area contributed by atoms with Crippen LogP contribution in [0.1, 0.15) is 30.4 Å². The highest BCUT2D eigenvalue weighted by Crippen LogP contribution is 2.28. The third-order valence-corrected chi connectivity index (χ3v) is 6.46. The quantitative estimate of drug-likeness (QED) is 0.547. The lowest BCUT2D eigenvalue weighted by molar-refractivity contribution is 0.122. The van der Waals surface area contributed by atoms with Gasteiger partial charge in [-0.1, -0.05) is 0 Å². The van der Waals surface area contributed by atoms with Gasteiger partial charge in [0.05, 0.1) is 25.4 Å². The summed E-state index contributed by atoms with van der Waals surface area (Å²) in [6.07, 6.45) is 4.23. The Morgan fingerprint density at radius 2 is 1.89 bits per heavy atom. The fourth-order valence-corrected chi connectivity index (χ4v) is 4.45. The van der Waals surface area contributed by atoms with Gasteiger partial charge in [0, 0.05) is 43.1 Å². The van der Waals surface area contributed by atoms with E-state index in [0.29, 0.717) is 29.7 Å². The number of rotatable bonds is 6. The van der Waals surface area contributed by atoms with Gasteiger partial charge in [-0.25, -0.2) is 9.97 Å². The molecule has 0 unspecified atom stereocenters. The first-order valence-corrected chi connectivity index (χ1v) is 12.4. The Hall–Kier alpha value is -3.74. The van der Waals surface area contributed by atoms with E-state index in [1.807, 2.05) is 18.2 Å². The Kier molecular flexibility index (Phi) is 7.55. The molecule has 2 fully saturated rings. The minimum absolute atomic E-state index is 0.0521. The van der Waals surface area contributed by atoms with Crippen LogP contribution in [0.25, 0.3) is 11.4 Å². The number of nitriles is 1. The first-order chi connectivity index (χ1) is 17.7. The van der Waals surface area contributed by atoms with Gasteiger partial charge in [-0.15, -0.1) is 0 Å². The predicted molar refractivity (Wildman–Crippen MR) is 137 cm³/mol. The number of benzene rings is 2. The van der Waals surface area contributed by atoms with Crippen LogP contribution >= 0.6 is 0 Å². The number of aryl methyl sites for hydroxylation is 1. The minimum Gasteiger partial charge on any atom is -0.489 e. The van der Waals surface area contributed by atoms with E-state index in [1.165, 1.54) is 12.0 Å². The Balaban J connectivity index is 1.31. The summed E-state index contributed by atoms with van der Waals surface area (Å²) in [7, 11) is 0. The molecule has 0 saturated carbocycles. The Bertz CT molecular complexity index is 1230. The molecule has 1 N–H and O–H groups in total. The Morgan fingerprint density at radius 1 is 1.03 bits per heavy atom. The van der Waals surface area contributed by atoms with E-state index < -0.39 is 0 Å². The van der Waals surface area contributed by atoms with Gasteiger partial charge >= 0.3 is 0 Å². The molecule has 1 aromatic heterocycles. The van der Waals surface area contributed by atoms with E-state index in [9.17, 15) is 5.26 Å². The van der Waals surface area contributed by atoms with Gasteiger partial charge in [0.2, 0.25) is 5.95 Å². The molecule has 36 heavy (non-hydrogen) atoms. The van der Waals surface area contributed by atoms with Crippen molar-refractivity contribution in [2.45, 2.75) is 32.3 Å². The van der Waals surface area contributed by atoms with Gasteiger partial charge < -0.3 is 24.4 Å². The van der Waals surface area contributed by atoms with Crippen LogP contribution < -0.4 is 15.0 Å². The molecule has 1 atom stereocenters. The van der Waals surface area contributed by atoms with Crippen molar-refractivity contribution < 1.29 is 14.2 Å². The fraction of sp³-hybridized carbons (Fsp3) is 0.407. The summed E-state index contributed by atoms with van der Waals surface area (Å²) in [4.78, 5) is 15.6. The number of aromatic nitrogens is 3. The number of hydrogen-bond acceptors (Lipinski definition) is 9. The summed E-state index contributed by atoms with van der Waals surface area (Å²) in [6, 6.07) is 14.0. The lowest BCUT2D eigenvalue weighted by atomic mass is 10.1. The van der Waals surface area contributed by atoms with Crippen molar-refractivity contribution in [2.75, 3.05) is 49.7 Å². The summed E-state index contributed by atoms with van der Waals surface area (Å²) in [6.45, 7) is 6.80. The third-order valence-electron chi connectivity index (χ3n) is 6.46. The van der Waals surface area contributed by atoms with E-state index in [4.69, 9.17) is 14.2 Å². The molecule has 2 saturated heterocycles. The number of morpholine rings is 1. The SMILES string of the molecule is Cc1cc(N2CCOCC2)ccc1Nc1ncnc(-c2ccc(O[C@@H]3CCCOCC3)c(C#N)c2)n1. The Morgan fingerprint density at radius 3 is 2.72 bits per heavy atom. The highest BCUT2D eigenvalue weighted by atomic mass is 16.5. The van der Waals surface area contributed by atoms with Crippen molar-refractivity contribution in [2.24, 2.45) is 0 Å². The van der Waals surface area contributed by atoms with Crippen LogP contribution in [-0.2, 0) is 9.47 Å². The molecule has 3 aromatic rings. The third kappa shape index (κ3) is 5.73. The molecule has 0 spiro atoms. The summed E-state index contributed by atoms with van der Waals surface area (Å²) < 4.78 is 17.1. The van der Waals surface area contributed by atoms with E-state index in [1.54, 1.807) is 6.07 Å². The second-order valence-electron chi connectivity index (χ2n) is 8.96. The molecule has 186 valence electrons. The summed E-state index contributed by atoms with van der Waals surface area (Å²) in [5, 5.41) is 13.0. The molecular weight excluding hydrogens is 456 g/mol. The van der Waals surface area contributed by atoms with Crippen LogP contribution in [0.3, 0.4) is 0 Å². The average molecular weight is 487 g/mol. The molecule has 5 rings (SSSR count). The maximum Gasteiger partial charge on any atom is 0.230 e. The van der Waals surface area contributed by atoms with Gasteiger partial charge in [-0.3, -0.25) is 0 Å². The van der Waals surface area contributed by atoms with Gasteiger partial charge in [0.25, 0.3) is 0 Å². The highest BCUT2D eigenvalue weighted by molar-refractivity contribution is 5.66. The average Bonchev–Trinajstić information content (AvgIpc) is 3.19. The normalized spacial score (nSPS) is 18.2. The molecule has 0 bridgehead atoms. The van der Waals surface area contributed by atoms with Crippen LogP contribution in [0.5, 0.6) is 5.75 Å². The smallest absolute Gasteiger partial charge is 0.230 e. The van der Waals surface area contributed by atoms with Crippen molar-refractivity contribution in [3.8, 4) is 23.2 Å². The number of anilines is 3. The highest BCUT2D eigenvalue weighted by Gasteiger charge is 2.17. The standard InChI is InChI=1S/C27H30N6O3/c1-19-15-22(33-9-13-35-14-10-33)5-6-24(19)31-27-30-18-29-26(32-27)20-4-7-25(21(16-20)17-28)36-23-3-2-11-34-12-8-23/h4-7,15-16,18,23H,2-3,8-14H2,1H3,(H,29,30,31,32)/t23-/m1/s1. The summed E-state index contributed by atoms with van der Waals surface area (Å²) in [5.74, 6) is 1.51. The maximum atomic E-state index is 9.74. The van der Waals surface area contributed by atoms with Crippen molar-refractivity contribution in [1.29, 1.82) is 5.26 Å². The second-order valence-corrected chi connectivity index (χ2v) is 8.96. The molecule has 0 radical (unpaired) electrons. The van der Waals surface area contributed by atoms with Crippen LogP contribution in [0.4, 0.5) is 17.3 Å². The lowest BCUT2D eigenvalue weighted by Gasteiger charge is -2.29. The number of hydrogen-bond donors (Lipinski definition) is 1. The molecule has 9 nitrogen and oxygen atoms in total. The van der Waals surface area contributed by atoms with Crippen molar-refractivity contribution in [3.63, 3.8) is 0 Å². The molecule has 0 amide bonds. The van der Waals surface area contributed by atoms with Gasteiger partial charge in [0.15, 0.2) is 5.82 Å². The zero-order valence-electron chi connectivity index (χ0n) is 20.4. The molecule has 2 aromatic carbocycles. The van der Waals surface area contributed by atoms with Crippen LogP contribution in [0.15, 0.2) is 42.7 Å². The van der Waals surface area contributed by atoms with Gasteiger partial charge in [0.1, 0.15) is 24.3 Å². The van der Waals surface area contributed by atoms with Crippen molar-refractivity contribution in [1.82, 2.24) is 15.0 Å². The molecular formula is C27H30N6O3. The fourth-order valence-electron chi connectivity index (χ4n) is 4.45. The molecule has 2 aliphatic rings. The van der Waals surface area contributed by atoms with Crippen LogP contribution in [0, 0.1) is 18.3 Å². The first kappa shape index (κ1) is 24.0. The monoisotopic (exact) mass is 486 g/mol. The molecule has 2 aliphatic heterocycles. The van der Waals surface area contributed by atoms with E-state index in [0.717, 1.165) is 69.0 Å². The topological polar surface area (TPSA) is 105 Å². The largest absolute Gasteiger partial charge is 0.489 e. The van der Waals surface area contributed by atoms with Crippen molar-refractivity contribution in [3.05, 3.63) is 53.9 Å².